The van der Waals surface area contributed by atoms with E-state index in [1.54, 1.807) is 0 Å². The number of rotatable bonds is 5. The minimum atomic E-state index is 0.528. The van der Waals surface area contributed by atoms with Crippen LogP contribution in [-0.2, 0) is 6.54 Å². The van der Waals surface area contributed by atoms with Gasteiger partial charge in [0.15, 0.2) is 0 Å². The molecule has 3 rings (SSSR count). The molecule has 2 aromatic rings. The van der Waals surface area contributed by atoms with Gasteiger partial charge < -0.3 is 10.7 Å². The summed E-state index contributed by atoms with van der Waals surface area (Å²) in [6.07, 6.45) is 10.5. The SMILES string of the molecule is CC(c1cccc(CN)c1)C1CCC(C=Cc2cc[nH]c2)=NC1. The first kappa shape index (κ1) is 15.8. The number of nitrogens with one attached hydrogen (secondary N) is 1. The molecule has 1 aliphatic rings. The molecule has 0 amide bonds. The molecular formula is C20H25N3. The van der Waals surface area contributed by atoms with Crippen LogP contribution in [0.4, 0.5) is 0 Å². The highest BCUT2D eigenvalue weighted by molar-refractivity contribution is 5.98. The lowest BCUT2D eigenvalue weighted by atomic mass is 9.82. The number of nitrogens with two attached hydrogens (primary N) is 1. The minimum absolute atomic E-state index is 0.528. The van der Waals surface area contributed by atoms with Gasteiger partial charge in [0.1, 0.15) is 0 Å². The number of hydrogen-bond acceptors (Lipinski definition) is 2. The number of allylic oxidation sites excluding steroid dienone is 1. The van der Waals surface area contributed by atoms with E-state index in [4.69, 9.17) is 10.7 Å². The quantitative estimate of drug-likeness (QED) is 0.857. The predicted octanol–water partition coefficient (Wildman–Crippen LogP) is 4.14. The van der Waals surface area contributed by atoms with Crippen LogP contribution in [0.15, 0.2) is 53.8 Å². The van der Waals surface area contributed by atoms with Gasteiger partial charge in [0, 0.05) is 31.2 Å². The third kappa shape index (κ3) is 3.99. The Morgan fingerprint density at radius 3 is 2.96 bits per heavy atom. The number of aromatic nitrogens is 1. The van der Waals surface area contributed by atoms with Crippen molar-refractivity contribution in [2.75, 3.05) is 6.54 Å². The summed E-state index contributed by atoms with van der Waals surface area (Å²) in [7, 11) is 0. The van der Waals surface area contributed by atoms with Crippen molar-refractivity contribution < 1.29 is 0 Å². The summed E-state index contributed by atoms with van der Waals surface area (Å²) >= 11 is 0. The van der Waals surface area contributed by atoms with Crippen LogP contribution in [0.25, 0.3) is 6.08 Å². The first-order chi connectivity index (χ1) is 11.3. The Morgan fingerprint density at radius 2 is 2.26 bits per heavy atom. The average Bonchev–Trinajstić information content (AvgIpc) is 3.13. The lowest BCUT2D eigenvalue weighted by Crippen LogP contribution is -2.20. The zero-order chi connectivity index (χ0) is 16.1. The molecule has 3 heteroatoms. The molecule has 120 valence electrons. The second-order valence-electron chi connectivity index (χ2n) is 6.35. The van der Waals surface area contributed by atoms with Crippen molar-refractivity contribution in [2.45, 2.75) is 32.2 Å². The van der Waals surface area contributed by atoms with Crippen LogP contribution in [0.2, 0.25) is 0 Å². The van der Waals surface area contributed by atoms with Crippen LogP contribution in [0.5, 0.6) is 0 Å². The van der Waals surface area contributed by atoms with Crippen molar-refractivity contribution in [1.29, 1.82) is 0 Å². The lowest BCUT2D eigenvalue weighted by Gasteiger charge is -2.26. The normalized spacial score (nSPS) is 19.7. The topological polar surface area (TPSA) is 54.2 Å². The van der Waals surface area contributed by atoms with Gasteiger partial charge >= 0.3 is 0 Å². The van der Waals surface area contributed by atoms with E-state index in [2.05, 4.69) is 54.4 Å². The van der Waals surface area contributed by atoms with Crippen LogP contribution in [0.3, 0.4) is 0 Å². The summed E-state index contributed by atoms with van der Waals surface area (Å²) in [5, 5.41) is 0. The predicted molar refractivity (Wildman–Crippen MR) is 97.6 cm³/mol. The fourth-order valence-electron chi connectivity index (χ4n) is 3.19. The van der Waals surface area contributed by atoms with E-state index in [0.717, 1.165) is 13.0 Å². The zero-order valence-corrected chi connectivity index (χ0v) is 13.7. The molecule has 3 N–H and O–H groups in total. The maximum Gasteiger partial charge on any atom is 0.0426 e. The summed E-state index contributed by atoms with van der Waals surface area (Å²) in [6.45, 7) is 3.84. The summed E-state index contributed by atoms with van der Waals surface area (Å²) in [5.41, 5.74) is 10.8. The zero-order valence-electron chi connectivity index (χ0n) is 13.7. The second kappa shape index (κ2) is 7.42. The highest BCUT2D eigenvalue weighted by Crippen LogP contribution is 2.31. The number of hydrogen-bond donors (Lipinski definition) is 2. The smallest absolute Gasteiger partial charge is 0.0426 e. The minimum Gasteiger partial charge on any atom is -0.367 e. The van der Waals surface area contributed by atoms with Crippen LogP contribution in [0, 0.1) is 5.92 Å². The summed E-state index contributed by atoms with van der Waals surface area (Å²) in [6, 6.07) is 10.7. The Hall–Kier alpha value is -2.13. The number of aliphatic imine (C=N–C) groups is 1. The molecule has 0 bridgehead atoms. The fourth-order valence-corrected chi connectivity index (χ4v) is 3.19. The highest BCUT2D eigenvalue weighted by Gasteiger charge is 2.22. The van der Waals surface area contributed by atoms with Gasteiger partial charge in [-0.2, -0.15) is 0 Å². The van der Waals surface area contributed by atoms with Crippen molar-refractivity contribution in [3.05, 3.63) is 65.5 Å². The summed E-state index contributed by atoms with van der Waals surface area (Å²) in [5.74, 6) is 1.15. The van der Waals surface area contributed by atoms with E-state index in [9.17, 15) is 0 Å². The van der Waals surface area contributed by atoms with Crippen LogP contribution in [-0.4, -0.2) is 17.2 Å². The molecule has 0 aliphatic carbocycles. The van der Waals surface area contributed by atoms with E-state index in [0.29, 0.717) is 18.4 Å². The Bertz CT molecular complexity index is 683. The monoisotopic (exact) mass is 307 g/mol. The number of benzene rings is 1. The Kier molecular flexibility index (Phi) is 5.09. The first-order valence-corrected chi connectivity index (χ1v) is 8.39. The van der Waals surface area contributed by atoms with E-state index in [1.165, 1.54) is 28.8 Å². The van der Waals surface area contributed by atoms with E-state index >= 15 is 0 Å². The van der Waals surface area contributed by atoms with Crippen LogP contribution >= 0.6 is 0 Å². The molecular weight excluding hydrogens is 282 g/mol. The third-order valence-electron chi connectivity index (χ3n) is 4.81. The number of nitrogens with zero attached hydrogens (tertiary/aromatic N) is 1. The molecule has 0 fully saturated rings. The molecule has 1 aliphatic heterocycles. The molecule has 0 radical (unpaired) electrons. The summed E-state index contributed by atoms with van der Waals surface area (Å²) < 4.78 is 0. The van der Waals surface area contributed by atoms with Gasteiger partial charge in [-0.3, -0.25) is 4.99 Å². The van der Waals surface area contributed by atoms with Gasteiger partial charge in [0.2, 0.25) is 0 Å². The average molecular weight is 307 g/mol. The van der Waals surface area contributed by atoms with E-state index in [-0.39, 0.29) is 0 Å². The maximum absolute atomic E-state index is 5.76. The molecule has 0 spiro atoms. The van der Waals surface area contributed by atoms with Crippen molar-refractivity contribution in [2.24, 2.45) is 16.6 Å². The molecule has 1 aromatic carbocycles. The number of H-pyrrole nitrogens is 1. The molecule has 0 saturated heterocycles. The van der Waals surface area contributed by atoms with Crippen LogP contribution < -0.4 is 5.73 Å². The van der Waals surface area contributed by atoms with Gasteiger partial charge in [-0.1, -0.05) is 37.3 Å². The van der Waals surface area contributed by atoms with Gasteiger partial charge in [0.05, 0.1) is 0 Å². The second-order valence-corrected chi connectivity index (χ2v) is 6.35. The van der Waals surface area contributed by atoms with Gasteiger partial charge in [-0.25, -0.2) is 0 Å². The first-order valence-electron chi connectivity index (χ1n) is 8.39. The molecule has 1 aromatic heterocycles. The van der Waals surface area contributed by atoms with Crippen molar-refractivity contribution in [3.63, 3.8) is 0 Å². The lowest BCUT2D eigenvalue weighted by molar-refractivity contribution is 0.421. The third-order valence-corrected chi connectivity index (χ3v) is 4.81. The van der Waals surface area contributed by atoms with Gasteiger partial charge in [-0.05, 0) is 53.5 Å². The molecule has 23 heavy (non-hydrogen) atoms. The fraction of sp³-hybridized carbons (Fsp3) is 0.350. The molecule has 2 heterocycles. The molecule has 2 atom stereocenters. The van der Waals surface area contributed by atoms with Gasteiger partial charge in [0.25, 0.3) is 0 Å². The largest absolute Gasteiger partial charge is 0.367 e. The number of aromatic amines is 1. The summed E-state index contributed by atoms with van der Waals surface area (Å²) in [4.78, 5) is 7.86. The van der Waals surface area contributed by atoms with Crippen molar-refractivity contribution in [3.8, 4) is 0 Å². The van der Waals surface area contributed by atoms with Crippen molar-refractivity contribution in [1.82, 2.24) is 4.98 Å². The van der Waals surface area contributed by atoms with E-state index in [1.807, 2.05) is 12.4 Å². The van der Waals surface area contributed by atoms with Crippen molar-refractivity contribution >= 4 is 11.8 Å². The molecule has 0 saturated carbocycles. The Morgan fingerprint density at radius 1 is 1.35 bits per heavy atom. The van der Waals surface area contributed by atoms with Gasteiger partial charge in [-0.15, -0.1) is 0 Å². The molecule has 3 nitrogen and oxygen atoms in total. The Balaban J connectivity index is 1.63. The maximum atomic E-state index is 5.76. The van der Waals surface area contributed by atoms with E-state index < -0.39 is 0 Å². The highest BCUT2D eigenvalue weighted by atomic mass is 14.8. The van der Waals surface area contributed by atoms with Crippen LogP contribution in [0.1, 0.15) is 42.4 Å². The molecule has 2 unspecified atom stereocenters. The standard InChI is InChI=1S/C20H25N3/c1-15(18-4-2-3-17(11-18)12-21)19-6-8-20(23-14-19)7-5-16-9-10-22-13-16/h2-5,7,9-11,13,15,19,22H,6,8,12,14,21H2,1H3. The Labute approximate surface area is 138 Å².